The van der Waals surface area contributed by atoms with Crippen molar-refractivity contribution in [3.8, 4) is 11.4 Å². The Kier molecular flexibility index (Phi) is 5.11. The van der Waals surface area contributed by atoms with Gasteiger partial charge in [0.05, 0.1) is 6.61 Å². The van der Waals surface area contributed by atoms with E-state index in [4.69, 9.17) is 9.47 Å². The van der Waals surface area contributed by atoms with Gasteiger partial charge in [-0.3, -0.25) is 9.36 Å². The molecule has 4 rings (SSSR count). The van der Waals surface area contributed by atoms with Crippen molar-refractivity contribution in [2.45, 2.75) is 30.4 Å². The second kappa shape index (κ2) is 7.84. The Balaban J connectivity index is 1.63. The van der Waals surface area contributed by atoms with Gasteiger partial charge in [-0.15, -0.1) is 10.2 Å². The van der Waals surface area contributed by atoms with Crippen molar-refractivity contribution in [2.24, 2.45) is 0 Å². The van der Waals surface area contributed by atoms with Crippen molar-refractivity contribution < 1.29 is 14.3 Å². The molecule has 1 atom stereocenters. The molecule has 1 aliphatic heterocycles. The van der Waals surface area contributed by atoms with Crippen molar-refractivity contribution in [2.75, 3.05) is 6.61 Å². The highest BCUT2D eigenvalue weighted by Crippen LogP contribution is 2.31. The molecule has 1 fully saturated rings. The van der Waals surface area contributed by atoms with Gasteiger partial charge in [0.25, 0.3) is 0 Å². The highest BCUT2D eigenvalue weighted by atomic mass is 32.2. The van der Waals surface area contributed by atoms with Crippen molar-refractivity contribution >= 4 is 17.7 Å². The van der Waals surface area contributed by atoms with Gasteiger partial charge in [0.15, 0.2) is 11.0 Å². The second-order valence-corrected chi connectivity index (χ2v) is 7.36. The molecule has 0 spiro atoms. The quantitative estimate of drug-likeness (QED) is 0.608. The molecular weight excluding hydrogens is 362 g/mol. The SMILES string of the molecule is Cc1ccccc1OCc1nnc(S[C@@H]2CCOC2=O)n1-c1ccccc1. The molecular formula is C20H19N3O3S. The lowest BCUT2D eigenvalue weighted by atomic mass is 10.2. The molecule has 6 nitrogen and oxygen atoms in total. The van der Waals surface area contributed by atoms with Crippen LogP contribution in [0, 0.1) is 6.92 Å². The Bertz CT molecular complexity index is 943. The van der Waals surface area contributed by atoms with Gasteiger partial charge in [0, 0.05) is 12.1 Å². The Labute approximate surface area is 161 Å². The van der Waals surface area contributed by atoms with E-state index in [2.05, 4.69) is 10.2 Å². The lowest BCUT2D eigenvalue weighted by molar-refractivity contribution is -0.137. The van der Waals surface area contributed by atoms with Crippen molar-refractivity contribution in [3.05, 3.63) is 66.0 Å². The van der Waals surface area contributed by atoms with Crippen LogP contribution >= 0.6 is 11.8 Å². The molecule has 0 N–H and O–H groups in total. The number of benzene rings is 2. The van der Waals surface area contributed by atoms with Crippen LogP contribution in [0.3, 0.4) is 0 Å². The van der Waals surface area contributed by atoms with E-state index in [9.17, 15) is 4.79 Å². The molecule has 138 valence electrons. The van der Waals surface area contributed by atoms with Gasteiger partial charge in [-0.1, -0.05) is 48.2 Å². The van der Waals surface area contributed by atoms with Crippen LogP contribution in [0.5, 0.6) is 5.75 Å². The topological polar surface area (TPSA) is 66.2 Å². The molecule has 2 heterocycles. The predicted octanol–water partition coefficient (Wildman–Crippen LogP) is 3.56. The van der Waals surface area contributed by atoms with Crippen molar-refractivity contribution in [3.63, 3.8) is 0 Å². The van der Waals surface area contributed by atoms with E-state index in [1.165, 1.54) is 11.8 Å². The fourth-order valence-electron chi connectivity index (χ4n) is 2.88. The Morgan fingerprint density at radius 2 is 1.93 bits per heavy atom. The number of nitrogens with zero attached hydrogens (tertiary/aromatic N) is 3. The van der Waals surface area contributed by atoms with Crippen LogP contribution in [0.1, 0.15) is 17.8 Å². The average Bonchev–Trinajstić information content (AvgIpc) is 3.28. The van der Waals surface area contributed by atoms with Crippen molar-refractivity contribution in [1.29, 1.82) is 0 Å². The van der Waals surface area contributed by atoms with Crippen molar-refractivity contribution in [1.82, 2.24) is 14.8 Å². The van der Waals surface area contributed by atoms with E-state index in [0.29, 0.717) is 24.0 Å². The van der Waals surface area contributed by atoms with Gasteiger partial charge >= 0.3 is 5.97 Å². The molecule has 7 heteroatoms. The first-order valence-electron chi connectivity index (χ1n) is 8.74. The first kappa shape index (κ1) is 17.6. The first-order chi connectivity index (χ1) is 13.2. The van der Waals surface area contributed by atoms with Gasteiger partial charge in [-0.25, -0.2) is 0 Å². The molecule has 0 bridgehead atoms. The zero-order valence-electron chi connectivity index (χ0n) is 14.9. The number of hydrogen-bond acceptors (Lipinski definition) is 6. The smallest absolute Gasteiger partial charge is 0.319 e. The Morgan fingerprint density at radius 1 is 1.15 bits per heavy atom. The number of carbonyl (C=O) groups is 1. The van der Waals surface area contributed by atoms with Gasteiger partial charge in [-0.05, 0) is 30.7 Å². The number of para-hydroxylation sites is 2. The lowest BCUT2D eigenvalue weighted by Crippen LogP contribution is -2.12. The molecule has 0 unspecified atom stereocenters. The molecule has 0 amide bonds. The third-order valence-corrected chi connectivity index (χ3v) is 5.49. The summed E-state index contributed by atoms with van der Waals surface area (Å²) in [6, 6.07) is 17.7. The summed E-state index contributed by atoms with van der Waals surface area (Å²) < 4.78 is 13.0. The minimum absolute atomic E-state index is 0.194. The van der Waals surface area contributed by atoms with Crippen LogP contribution < -0.4 is 4.74 Å². The first-order valence-corrected chi connectivity index (χ1v) is 9.62. The number of aromatic nitrogens is 3. The summed E-state index contributed by atoms with van der Waals surface area (Å²) in [6.07, 6.45) is 0.681. The summed E-state index contributed by atoms with van der Waals surface area (Å²) >= 11 is 1.39. The van der Waals surface area contributed by atoms with Gasteiger partial charge in [-0.2, -0.15) is 0 Å². The fraction of sp³-hybridized carbons (Fsp3) is 0.250. The predicted molar refractivity (Wildman–Crippen MR) is 102 cm³/mol. The second-order valence-electron chi connectivity index (χ2n) is 6.19. The summed E-state index contributed by atoms with van der Waals surface area (Å²) in [4.78, 5) is 11.9. The number of ether oxygens (including phenoxy) is 2. The lowest BCUT2D eigenvalue weighted by Gasteiger charge is -2.12. The molecule has 0 radical (unpaired) electrons. The minimum Gasteiger partial charge on any atom is -0.485 e. The zero-order valence-corrected chi connectivity index (χ0v) is 15.7. The van der Waals surface area contributed by atoms with Crippen LogP contribution in [-0.4, -0.2) is 32.6 Å². The number of esters is 1. The van der Waals surface area contributed by atoms with E-state index in [1.54, 1.807) is 0 Å². The van der Waals surface area contributed by atoms with Crippen LogP contribution in [-0.2, 0) is 16.1 Å². The summed E-state index contributed by atoms with van der Waals surface area (Å²) in [6.45, 7) is 2.74. The maximum Gasteiger partial charge on any atom is 0.319 e. The minimum atomic E-state index is -0.248. The van der Waals surface area contributed by atoms with Gasteiger partial charge in [0.1, 0.15) is 17.6 Å². The molecule has 1 aromatic heterocycles. The molecule has 1 saturated heterocycles. The standard InChI is InChI=1S/C20H19N3O3S/c1-14-7-5-6-10-16(14)26-13-18-21-22-20(27-17-11-12-25-19(17)24)23(18)15-8-3-2-4-9-15/h2-10,17H,11-13H2,1H3/t17-/m1/s1. The molecule has 0 saturated carbocycles. The van der Waals surface area contributed by atoms with Crippen LogP contribution in [0.2, 0.25) is 0 Å². The van der Waals surface area contributed by atoms with E-state index < -0.39 is 0 Å². The van der Waals surface area contributed by atoms with E-state index in [-0.39, 0.29) is 17.8 Å². The van der Waals surface area contributed by atoms with Crippen LogP contribution in [0.15, 0.2) is 59.8 Å². The van der Waals surface area contributed by atoms with Gasteiger partial charge < -0.3 is 9.47 Å². The number of hydrogen-bond donors (Lipinski definition) is 0. The molecule has 0 aliphatic carbocycles. The van der Waals surface area contributed by atoms with Crippen LogP contribution in [0.4, 0.5) is 0 Å². The summed E-state index contributed by atoms with van der Waals surface area (Å²) in [5.41, 5.74) is 1.99. The highest BCUT2D eigenvalue weighted by Gasteiger charge is 2.30. The largest absolute Gasteiger partial charge is 0.485 e. The molecule has 3 aromatic rings. The third-order valence-electron chi connectivity index (χ3n) is 4.30. The zero-order chi connectivity index (χ0) is 18.6. The van der Waals surface area contributed by atoms with Crippen LogP contribution in [0.25, 0.3) is 5.69 Å². The fourth-order valence-corrected chi connectivity index (χ4v) is 3.92. The van der Waals surface area contributed by atoms with E-state index in [1.807, 2.05) is 66.1 Å². The number of rotatable bonds is 6. The van der Waals surface area contributed by atoms with E-state index in [0.717, 1.165) is 17.0 Å². The van der Waals surface area contributed by atoms with Gasteiger partial charge in [0.2, 0.25) is 0 Å². The number of aryl methyl sites for hydroxylation is 1. The summed E-state index contributed by atoms with van der Waals surface area (Å²) in [7, 11) is 0. The third kappa shape index (κ3) is 3.83. The molecule has 1 aliphatic rings. The molecule has 27 heavy (non-hydrogen) atoms. The highest BCUT2D eigenvalue weighted by molar-refractivity contribution is 8.00. The molecule has 2 aromatic carbocycles. The maximum atomic E-state index is 11.9. The Morgan fingerprint density at radius 3 is 2.67 bits per heavy atom. The Hall–Kier alpha value is -2.80. The number of thioether (sulfide) groups is 1. The monoisotopic (exact) mass is 381 g/mol. The summed E-state index contributed by atoms with van der Waals surface area (Å²) in [5, 5.41) is 9.04. The van der Waals surface area contributed by atoms with E-state index >= 15 is 0 Å². The number of carbonyl (C=O) groups excluding carboxylic acids is 1. The number of cyclic esters (lactones) is 1. The normalized spacial score (nSPS) is 16.3. The summed E-state index contributed by atoms with van der Waals surface area (Å²) in [5.74, 6) is 1.30. The average molecular weight is 381 g/mol. The maximum absolute atomic E-state index is 11.9.